The number of imide groups is 1. The molecular weight excluding hydrogens is 546 g/mol. The monoisotopic (exact) mass is 567 g/mol. The lowest BCUT2D eigenvalue weighted by Gasteiger charge is -2.33. The molecule has 2 amide bonds. The highest BCUT2D eigenvalue weighted by atomic mass is 35.5. The summed E-state index contributed by atoms with van der Waals surface area (Å²) in [4.78, 5) is 68.8. The first-order chi connectivity index (χ1) is 19.7. The molecule has 0 aliphatic carbocycles. The van der Waals surface area contributed by atoms with Gasteiger partial charge in [0, 0.05) is 40.1 Å². The van der Waals surface area contributed by atoms with E-state index in [9.17, 15) is 29.3 Å². The zero-order chi connectivity index (χ0) is 29.0. The predicted octanol–water partition coefficient (Wildman–Crippen LogP) is 4.93. The van der Waals surface area contributed by atoms with Crippen LogP contribution in [-0.2, 0) is 9.59 Å². The molecule has 0 aromatic heterocycles. The number of ketones is 2. The Morgan fingerprint density at radius 1 is 0.902 bits per heavy atom. The lowest BCUT2D eigenvalue weighted by molar-refractivity contribution is -0.384. The Bertz CT molecular complexity index is 1700. The molecule has 4 atom stereocenters. The Hall–Kier alpha value is -4.89. The first-order valence-electron chi connectivity index (χ1n) is 12.9. The Labute approximate surface area is 239 Å². The van der Waals surface area contributed by atoms with Gasteiger partial charge in [0.1, 0.15) is 6.04 Å². The van der Waals surface area contributed by atoms with Crippen molar-refractivity contribution in [2.75, 3.05) is 4.90 Å². The number of allylic oxidation sites excluding steroid dienone is 2. The number of anilines is 1. The van der Waals surface area contributed by atoms with E-state index < -0.39 is 40.7 Å². The van der Waals surface area contributed by atoms with Gasteiger partial charge in [0.05, 0.1) is 28.5 Å². The molecule has 3 aromatic rings. The second kappa shape index (κ2) is 9.94. The summed E-state index contributed by atoms with van der Waals surface area (Å²) in [6.45, 7) is 1.65. The number of non-ortho nitro benzene ring substituents is 1. The van der Waals surface area contributed by atoms with E-state index in [2.05, 4.69) is 0 Å². The molecule has 204 valence electrons. The summed E-state index contributed by atoms with van der Waals surface area (Å²) in [7, 11) is 0. The lowest BCUT2D eigenvalue weighted by atomic mass is 9.85. The van der Waals surface area contributed by atoms with E-state index in [0.717, 1.165) is 4.90 Å². The Kier molecular flexibility index (Phi) is 6.38. The molecule has 6 rings (SSSR count). The number of fused-ring (bicyclic) bond motifs is 3. The van der Waals surface area contributed by atoms with Crippen LogP contribution in [0.25, 0.3) is 0 Å². The summed E-state index contributed by atoms with van der Waals surface area (Å²) < 4.78 is 0. The molecule has 9 nitrogen and oxygen atoms in total. The number of benzene rings is 3. The van der Waals surface area contributed by atoms with Crippen molar-refractivity contribution < 1.29 is 24.1 Å². The maximum atomic E-state index is 14.0. The largest absolute Gasteiger partial charge is 0.359 e. The molecule has 2 saturated heterocycles. The third kappa shape index (κ3) is 4.25. The molecule has 10 heteroatoms. The predicted molar refractivity (Wildman–Crippen MR) is 150 cm³/mol. The quantitative estimate of drug-likeness (QED) is 0.179. The zero-order valence-corrected chi connectivity index (χ0v) is 22.4. The Balaban J connectivity index is 1.45. The van der Waals surface area contributed by atoms with Crippen LogP contribution in [0.1, 0.15) is 26.3 Å². The fourth-order valence-corrected chi connectivity index (χ4v) is 6.05. The van der Waals surface area contributed by atoms with Gasteiger partial charge in [-0.1, -0.05) is 54.1 Å². The van der Waals surface area contributed by atoms with Crippen molar-refractivity contribution in [2.45, 2.75) is 19.0 Å². The normalized spacial score (nSPS) is 22.8. The van der Waals surface area contributed by atoms with E-state index in [4.69, 9.17) is 11.6 Å². The number of nitrogens with zero attached hydrogens (tertiary/aromatic N) is 3. The molecule has 0 N–H and O–H groups in total. The molecule has 0 bridgehead atoms. The van der Waals surface area contributed by atoms with Crippen LogP contribution in [0.3, 0.4) is 0 Å². The minimum Gasteiger partial charge on any atom is -0.359 e. The number of Topliss-reactive ketones (excluding diaryl/α,β-unsaturated/α-hetero) is 2. The maximum Gasteiger partial charge on any atom is 0.271 e. The highest BCUT2D eigenvalue weighted by molar-refractivity contribution is 6.30. The fourth-order valence-electron chi connectivity index (χ4n) is 5.93. The molecule has 0 unspecified atom stereocenters. The molecule has 41 heavy (non-hydrogen) atoms. The number of aryl methyl sites for hydroxylation is 1. The summed E-state index contributed by atoms with van der Waals surface area (Å²) in [6.07, 6.45) is 4.82. The number of amides is 2. The van der Waals surface area contributed by atoms with Gasteiger partial charge in [-0.05, 0) is 42.8 Å². The van der Waals surface area contributed by atoms with Gasteiger partial charge in [-0.3, -0.25) is 29.3 Å². The molecule has 3 aliphatic heterocycles. The second-order valence-electron chi connectivity index (χ2n) is 10.2. The van der Waals surface area contributed by atoms with E-state index in [-0.39, 0.29) is 22.9 Å². The van der Waals surface area contributed by atoms with Gasteiger partial charge in [-0.15, -0.1) is 0 Å². The van der Waals surface area contributed by atoms with Crippen LogP contribution in [0.2, 0.25) is 5.02 Å². The van der Waals surface area contributed by atoms with Crippen molar-refractivity contribution in [3.8, 4) is 0 Å². The molecule has 0 saturated carbocycles. The van der Waals surface area contributed by atoms with Crippen molar-refractivity contribution >= 4 is 46.4 Å². The summed E-state index contributed by atoms with van der Waals surface area (Å²) in [6, 6.07) is 17.1. The zero-order valence-electron chi connectivity index (χ0n) is 21.6. The molecule has 0 radical (unpaired) electrons. The van der Waals surface area contributed by atoms with Crippen LogP contribution >= 0.6 is 11.6 Å². The Morgan fingerprint density at radius 3 is 2.27 bits per heavy atom. The van der Waals surface area contributed by atoms with Gasteiger partial charge in [0.15, 0.2) is 11.6 Å². The number of halogens is 1. The fraction of sp³-hybridized carbons (Fsp3) is 0.161. The van der Waals surface area contributed by atoms with Crippen molar-refractivity contribution in [1.82, 2.24) is 4.90 Å². The van der Waals surface area contributed by atoms with Crippen LogP contribution in [-0.4, -0.2) is 45.3 Å². The first-order valence-corrected chi connectivity index (χ1v) is 13.2. The summed E-state index contributed by atoms with van der Waals surface area (Å²) in [5.74, 6) is -3.92. The first kappa shape index (κ1) is 26.3. The average Bonchev–Trinajstić information content (AvgIpc) is 3.44. The van der Waals surface area contributed by atoms with Gasteiger partial charge in [-0.25, -0.2) is 4.90 Å². The highest BCUT2D eigenvalue weighted by Gasteiger charge is 2.63. The van der Waals surface area contributed by atoms with Crippen LogP contribution in [0.5, 0.6) is 0 Å². The number of nitro groups is 1. The third-order valence-electron chi connectivity index (χ3n) is 7.89. The minimum absolute atomic E-state index is 0.101. The number of hydrogen-bond donors (Lipinski definition) is 0. The molecule has 0 spiro atoms. The van der Waals surface area contributed by atoms with Crippen LogP contribution < -0.4 is 4.90 Å². The van der Waals surface area contributed by atoms with Crippen molar-refractivity contribution in [1.29, 1.82) is 0 Å². The van der Waals surface area contributed by atoms with E-state index in [1.807, 2.05) is 0 Å². The van der Waals surface area contributed by atoms with Crippen LogP contribution in [0.15, 0.2) is 96.7 Å². The number of carbonyl (C=O) groups excluding carboxylic acids is 4. The summed E-state index contributed by atoms with van der Waals surface area (Å²) in [5, 5.41) is 11.9. The van der Waals surface area contributed by atoms with E-state index in [1.54, 1.807) is 84.8 Å². The van der Waals surface area contributed by atoms with Gasteiger partial charge >= 0.3 is 0 Å². The molecule has 2 fully saturated rings. The van der Waals surface area contributed by atoms with E-state index >= 15 is 0 Å². The number of carbonyl (C=O) groups is 4. The second-order valence-corrected chi connectivity index (χ2v) is 10.6. The maximum absolute atomic E-state index is 14.0. The van der Waals surface area contributed by atoms with Crippen molar-refractivity contribution in [2.24, 2.45) is 11.8 Å². The van der Waals surface area contributed by atoms with Crippen LogP contribution in [0, 0.1) is 28.9 Å². The topological polar surface area (TPSA) is 118 Å². The lowest BCUT2D eigenvalue weighted by Crippen LogP contribution is -2.46. The van der Waals surface area contributed by atoms with Crippen molar-refractivity contribution in [3.63, 3.8) is 0 Å². The highest BCUT2D eigenvalue weighted by Crippen LogP contribution is 2.48. The SMILES string of the molecule is Cc1ccc([N+](=O)[O-])cc1N1C(=O)[C@@H]2[C@@H](C1=O)[C@@H](C(=O)c1ccc(Cl)cc1)N1C=CC(C(=O)c3ccccc3)=C[C@H]21. The van der Waals surface area contributed by atoms with Gasteiger partial charge in [0.2, 0.25) is 11.8 Å². The molecule has 3 aromatic carbocycles. The summed E-state index contributed by atoms with van der Waals surface area (Å²) >= 11 is 6.03. The average molecular weight is 568 g/mol. The van der Waals surface area contributed by atoms with Crippen LogP contribution in [0.4, 0.5) is 11.4 Å². The number of rotatable bonds is 6. The summed E-state index contributed by atoms with van der Waals surface area (Å²) in [5.41, 5.74) is 1.43. The Morgan fingerprint density at radius 2 is 1.59 bits per heavy atom. The minimum atomic E-state index is -1.08. The van der Waals surface area contributed by atoms with Gasteiger partial charge < -0.3 is 4.90 Å². The smallest absolute Gasteiger partial charge is 0.271 e. The van der Waals surface area contributed by atoms with E-state index in [1.165, 1.54) is 18.2 Å². The van der Waals surface area contributed by atoms with Crippen molar-refractivity contribution in [3.05, 3.63) is 129 Å². The number of nitro benzene ring substituents is 1. The molecule has 3 aliphatic rings. The van der Waals surface area contributed by atoms with Gasteiger partial charge in [0.25, 0.3) is 5.69 Å². The van der Waals surface area contributed by atoms with E-state index in [0.29, 0.717) is 27.3 Å². The van der Waals surface area contributed by atoms with Gasteiger partial charge in [-0.2, -0.15) is 0 Å². The molecule has 3 heterocycles. The third-order valence-corrected chi connectivity index (χ3v) is 8.14. The standard InChI is InChI=1S/C31H22ClN3O6/c1-17-7-12-22(35(40)41)16-23(17)34-30(38)25-24-15-20(28(36)18-5-3-2-4-6-18)13-14-33(24)27(26(25)31(34)39)29(37)19-8-10-21(32)11-9-19/h2-16,24-27H,1H3/t24-,25+,26-,27+/m1/s1. The molecular formula is C31H22ClN3O6. The number of hydrogen-bond acceptors (Lipinski definition) is 7.